The summed E-state index contributed by atoms with van der Waals surface area (Å²) in [6.45, 7) is 5.34. The average Bonchev–Trinajstić information content (AvgIpc) is 3.12. The van der Waals surface area contributed by atoms with Crippen LogP contribution in [-0.4, -0.2) is 59.9 Å². The van der Waals surface area contributed by atoms with E-state index >= 15 is 0 Å². The maximum atomic E-state index is 11.4. The Balaban J connectivity index is 1.56. The lowest BCUT2D eigenvalue weighted by atomic mass is 10.2. The summed E-state index contributed by atoms with van der Waals surface area (Å²) in [4.78, 5) is 24.5. The third-order valence-electron chi connectivity index (χ3n) is 4.24. The van der Waals surface area contributed by atoms with Gasteiger partial charge in [0.1, 0.15) is 5.01 Å². The monoisotopic (exact) mass is 357 g/mol. The minimum absolute atomic E-state index is 0.138. The van der Waals surface area contributed by atoms with Gasteiger partial charge < -0.3 is 15.1 Å². The van der Waals surface area contributed by atoms with Crippen molar-refractivity contribution < 1.29 is 4.79 Å². The zero-order chi connectivity index (χ0) is 17.6. The van der Waals surface area contributed by atoms with E-state index < -0.39 is 0 Å². The first kappa shape index (κ1) is 17.4. The molecular weight excluding hydrogens is 334 g/mol. The van der Waals surface area contributed by atoms with Crippen LogP contribution >= 0.6 is 11.3 Å². The van der Waals surface area contributed by atoms with Gasteiger partial charge in [0, 0.05) is 51.1 Å². The fourth-order valence-electron chi connectivity index (χ4n) is 2.84. The van der Waals surface area contributed by atoms with E-state index in [0.717, 1.165) is 48.4 Å². The van der Waals surface area contributed by atoms with E-state index in [-0.39, 0.29) is 5.91 Å². The summed E-state index contributed by atoms with van der Waals surface area (Å²) >= 11 is 1.65. The van der Waals surface area contributed by atoms with Crippen LogP contribution in [0.3, 0.4) is 0 Å². The van der Waals surface area contributed by atoms with Gasteiger partial charge in [0.15, 0.2) is 5.96 Å². The SMILES string of the molecule is CN=C(NCc1csc(-c2ccccc2)n1)N1CCN(C(C)=O)CC1. The second kappa shape index (κ2) is 8.11. The molecule has 1 aromatic carbocycles. The Morgan fingerprint density at radius 1 is 1.20 bits per heavy atom. The standard InChI is InChI=1S/C18H23N5OS/c1-14(24)22-8-10-23(11-9-22)18(19-2)20-12-16-13-25-17(21-16)15-6-4-3-5-7-15/h3-7,13H,8-12H2,1-2H3,(H,19,20). The highest BCUT2D eigenvalue weighted by molar-refractivity contribution is 7.13. The zero-order valence-corrected chi connectivity index (χ0v) is 15.4. The Kier molecular flexibility index (Phi) is 5.65. The number of hydrogen-bond donors (Lipinski definition) is 1. The lowest BCUT2D eigenvalue weighted by Gasteiger charge is -2.36. The third-order valence-corrected chi connectivity index (χ3v) is 5.18. The van der Waals surface area contributed by atoms with Crippen LogP contribution in [0.1, 0.15) is 12.6 Å². The minimum Gasteiger partial charge on any atom is -0.351 e. The molecule has 1 aliphatic rings. The molecule has 0 saturated carbocycles. The highest BCUT2D eigenvalue weighted by atomic mass is 32.1. The lowest BCUT2D eigenvalue weighted by Crippen LogP contribution is -2.53. The van der Waals surface area contributed by atoms with Crippen LogP contribution in [0.2, 0.25) is 0 Å². The van der Waals surface area contributed by atoms with Gasteiger partial charge in [-0.15, -0.1) is 11.3 Å². The van der Waals surface area contributed by atoms with E-state index in [9.17, 15) is 4.79 Å². The predicted octanol–water partition coefficient (Wildman–Crippen LogP) is 2.05. The fourth-order valence-corrected chi connectivity index (χ4v) is 3.66. The first-order chi connectivity index (χ1) is 12.2. The molecule has 6 nitrogen and oxygen atoms in total. The molecule has 0 aliphatic carbocycles. The molecule has 2 heterocycles. The Bertz CT molecular complexity index is 735. The van der Waals surface area contributed by atoms with Crippen LogP contribution in [-0.2, 0) is 11.3 Å². The topological polar surface area (TPSA) is 60.8 Å². The van der Waals surface area contributed by atoms with Gasteiger partial charge in [-0.1, -0.05) is 30.3 Å². The molecule has 7 heteroatoms. The van der Waals surface area contributed by atoms with Gasteiger partial charge in [-0.2, -0.15) is 0 Å². The molecule has 1 N–H and O–H groups in total. The fraction of sp³-hybridized carbons (Fsp3) is 0.389. The molecule has 1 aromatic heterocycles. The summed E-state index contributed by atoms with van der Waals surface area (Å²) in [6.07, 6.45) is 0. The van der Waals surface area contributed by atoms with Crippen molar-refractivity contribution in [2.75, 3.05) is 33.2 Å². The number of benzene rings is 1. The number of nitrogens with one attached hydrogen (secondary N) is 1. The molecule has 132 valence electrons. The van der Waals surface area contributed by atoms with Gasteiger partial charge in [0.05, 0.1) is 12.2 Å². The van der Waals surface area contributed by atoms with E-state index in [1.54, 1.807) is 25.3 Å². The number of hydrogen-bond acceptors (Lipinski definition) is 4. The van der Waals surface area contributed by atoms with Crippen LogP contribution in [0, 0.1) is 0 Å². The van der Waals surface area contributed by atoms with Crippen LogP contribution in [0.5, 0.6) is 0 Å². The van der Waals surface area contributed by atoms with Crippen molar-refractivity contribution in [3.8, 4) is 10.6 Å². The van der Waals surface area contributed by atoms with Crippen LogP contribution < -0.4 is 5.32 Å². The molecule has 1 amide bonds. The number of carbonyl (C=O) groups excluding carboxylic acids is 1. The average molecular weight is 357 g/mol. The molecule has 0 unspecified atom stereocenters. The molecule has 0 spiro atoms. The van der Waals surface area contributed by atoms with Gasteiger partial charge in [0.25, 0.3) is 0 Å². The van der Waals surface area contributed by atoms with Gasteiger partial charge in [-0.05, 0) is 0 Å². The second-order valence-corrected chi connectivity index (χ2v) is 6.76. The van der Waals surface area contributed by atoms with E-state index in [1.165, 1.54) is 0 Å². The smallest absolute Gasteiger partial charge is 0.219 e. The molecule has 0 bridgehead atoms. The largest absolute Gasteiger partial charge is 0.351 e. The molecule has 1 fully saturated rings. The number of amides is 1. The van der Waals surface area contributed by atoms with Crippen molar-refractivity contribution in [3.63, 3.8) is 0 Å². The summed E-state index contributed by atoms with van der Waals surface area (Å²) in [7, 11) is 1.79. The highest BCUT2D eigenvalue weighted by Gasteiger charge is 2.20. The third kappa shape index (κ3) is 4.36. The molecule has 0 atom stereocenters. The molecule has 25 heavy (non-hydrogen) atoms. The maximum Gasteiger partial charge on any atom is 0.219 e. The van der Waals surface area contributed by atoms with E-state index in [2.05, 4.69) is 32.7 Å². The first-order valence-electron chi connectivity index (χ1n) is 8.38. The van der Waals surface area contributed by atoms with Crippen molar-refractivity contribution in [2.45, 2.75) is 13.5 Å². The Labute approximate surface area is 152 Å². The highest BCUT2D eigenvalue weighted by Crippen LogP contribution is 2.23. The Hall–Kier alpha value is -2.41. The van der Waals surface area contributed by atoms with Gasteiger partial charge in [-0.25, -0.2) is 4.98 Å². The Morgan fingerprint density at radius 2 is 1.88 bits per heavy atom. The van der Waals surface area contributed by atoms with Crippen LogP contribution in [0.25, 0.3) is 10.6 Å². The van der Waals surface area contributed by atoms with Crippen molar-refractivity contribution in [1.29, 1.82) is 0 Å². The molecule has 1 aliphatic heterocycles. The lowest BCUT2D eigenvalue weighted by molar-refractivity contribution is -0.130. The van der Waals surface area contributed by atoms with Crippen molar-refractivity contribution in [2.24, 2.45) is 4.99 Å². The summed E-state index contributed by atoms with van der Waals surface area (Å²) in [6, 6.07) is 10.2. The van der Waals surface area contributed by atoms with Crippen molar-refractivity contribution in [1.82, 2.24) is 20.1 Å². The van der Waals surface area contributed by atoms with E-state index in [1.807, 2.05) is 23.1 Å². The molecule has 0 radical (unpaired) electrons. The van der Waals surface area contributed by atoms with Crippen LogP contribution in [0.4, 0.5) is 0 Å². The molecular formula is C18H23N5OS. The predicted molar refractivity (Wildman–Crippen MR) is 102 cm³/mol. The number of thiazole rings is 1. The van der Waals surface area contributed by atoms with Crippen molar-refractivity contribution in [3.05, 3.63) is 41.4 Å². The molecule has 2 aromatic rings. The number of rotatable bonds is 3. The van der Waals surface area contributed by atoms with Crippen LogP contribution in [0.15, 0.2) is 40.7 Å². The summed E-state index contributed by atoms with van der Waals surface area (Å²) in [5.74, 6) is 0.996. The summed E-state index contributed by atoms with van der Waals surface area (Å²) in [5, 5.41) is 6.49. The molecule has 3 rings (SSSR count). The minimum atomic E-state index is 0.138. The quantitative estimate of drug-likeness (QED) is 0.675. The zero-order valence-electron chi connectivity index (χ0n) is 14.6. The number of aromatic nitrogens is 1. The summed E-state index contributed by atoms with van der Waals surface area (Å²) in [5.41, 5.74) is 2.15. The van der Waals surface area contributed by atoms with Crippen molar-refractivity contribution >= 4 is 23.2 Å². The van der Waals surface area contributed by atoms with Gasteiger partial charge in [-0.3, -0.25) is 9.79 Å². The number of aliphatic imine (C=N–C) groups is 1. The first-order valence-corrected chi connectivity index (χ1v) is 9.26. The number of nitrogens with zero attached hydrogens (tertiary/aromatic N) is 4. The Morgan fingerprint density at radius 3 is 2.52 bits per heavy atom. The number of piperazine rings is 1. The van der Waals surface area contributed by atoms with E-state index in [4.69, 9.17) is 4.98 Å². The number of carbonyl (C=O) groups is 1. The number of guanidine groups is 1. The summed E-state index contributed by atoms with van der Waals surface area (Å²) < 4.78 is 0. The molecule has 1 saturated heterocycles. The second-order valence-electron chi connectivity index (χ2n) is 5.90. The van der Waals surface area contributed by atoms with Gasteiger partial charge >= 0.3 is 0 Å². The normalized spacial score (nSPS) is 15.4. The van der Waals surface area contributed by atoms with E-state index in [0.29, 0.717) is 6.54 Å². The van der Waals surface area contributed by atoms with Gasteiger partial charge in [0.2, 0.25) is 5.91 Å². The maximum absolute atomic E-state index is 11.4.